The monoisotopic (exact) mass is 964 g/mol. The van der Waals surface area contributed by atoms with Crippen LogP contribution in [0.15, 0.2) is 218 Å². The Hall–Kier alpha value is -9.44. The number of ketones is 1. The first-order valence-corrected chi connectivity index (χ1v) is 24.5. The maximum atomic E-state index is 14.1. The van der Waals surface area contributed by atoms with Gasteiger partial charge in [-0.25, -0.2) is 0 Å². The zero-order valence-corrected chi connectivity index (χ0v) is 42.2. The molecule has 0 radical (unpaired) electrons. The summed E-state index contributed by atoms with van der Waals surface area (Å²) in [7, 11) is 1.68. The first-order valence-electron chi connectivity index (χ1n) is 24.5. The number of esters is 1. The normalized spacial score (nSPS) is 11.9. The molecular weight excluding hydrogens is 909 g/mol. The fourth-order valence-electron chi connectivity index (χ4n) is 9.06. The second kappa shape index (κ2) is 22.3. The number of anilines is 6. The average molecular weight is 965 g/mol. The number of carbonyl (C=O) groups is 2. The number of hydrogen-bond donors (Lipinski definition) is 0. The van der Waals surface area contributed by atoms with Gasteiger partial charge in [0.1, 0.15) is 11.5 Å². The lowest BCUT2D eigenvalue weighted by Crippen LogP contribution is -2.22. The van der Waals surface area contributed by atoms with Crippen molar-refractivity contribution in [1.82, 2.24) is 0 Å². The van der Waals surface area contributed by atoms with E-state index < -0.39 is 5.41 Å². The van der Waals surface area contributed by atoms with Gasteiger partial charge in [0.25, 0.3) is 0 Å². The molecule has 9 rings (SSSR count). The van der Waals surface area contributed by atoms with Crippen LogP contribution in [0.5, 0.6) is 11.5 Å². The Kier molecular flexibility index (Phi) is 14.9. The molecule has 0 aromatic heterocycles. The molecular formula is C68H56N2O4. The van der Waals surface area contributed by atoms with E-state index in [0.717, 1.165) is 84.4 Å². The van der Waals surface area contributed by atoms with Gasteiger partial charge in [0.15, 0.2) is 5.78 Å². The largest absolute Gasteiger partial charge is 0.497 e. The van der Waals surface area contributed by atoms with E-state index in [1.165, 1.54) is 6.92 Å². The van der Waals surface area contributed by atoms with Crippen molar-refractivity contribution in [2.75, 3.05) is 16.9 Å². The number of methoxy groups -OCH3 is 1. The number of benzene rings is 9. The Morgan fingerprint density at radius 1 is 0.486 bits per heavy atom. The number of nitrogens with zero attached hydrogens (tertiary/aromatic N) is 2. The number of ether oxygens (including phenoxy) is 2. The van der Waals surface area contributed by atoms with Crippen LogP contribution in [0, 0.1) is 26.2 Å². The average Bonchev–Trinajstić information content (AvgIpc) is 3.44. The molecule has 0 saturated heterocycles. The van der Waals surface area contributed by atoms with Gasteiger partial charge in [-0.1, -0.05) is 145 Å². The van der Waals surface area contributed by atoms with Crippen LogP contribution in [0.25, 0.3) is 24.3 Å². The Labute approximate surface area is 435 Å². The lowest BCUT2D eigenvalue weighted by molar-refractivity contribution is -0.131. The van der Waals surface area contributed by atoms with Gasteiger partial charge >= 0.3 is 5.97 Å². The van der Waals surface area contributed by atoms with E-state index in [4.69, 9.17) is 15.9 Å². The topological polar surface area (TPSA) is 59.1 Å². The van der Waals surface area contributed by atoms with Crippen molar-refractivity contribution in [2.24, 2.45) is 0 Å². The van der Waals surface area contributed by atoms with E-state index in [1.807, 2.05) is 112 Å². The van der Waals surface area contributed by atoms with E-state index in [-0.39, 0.29) is 11.8 Å². The molecule has 9 aromatic rings. The molecule has 0 aliphatic rings. The summed E-state index contributed by atoms with van der Waals surface area (Å²) in [5.41, 5.74) is 14.3. The summed E-state index contributed by atoms with van der Waals surface area (Å²) in [5.74, 6) is 3.85. The number of rotatable bonds is 16. The minimum atomic E-state index is -0.780. The van der Waals surface area contributed by atoms with Crippen LogP contribution < -0.4 is 19.3 Å². The van der Waals surface area contributed by atoms with Crippen LogP contribution in [0.4, 0.5) is 34.1 Å². The molecule has 0 fully saturated rings. The number of terminal acetylenes is 1. The third-order valence-electron chi connectivity index (χ3n) is 13.3. The van der Waals surface area contributed by atoms with Crippen LogP contribution >= 0.6 is 0 Å². The van der Waals surface area contributed by atoms with Crippen molar-refractivity contribution < 1.29 is 19.1 Å². The molecule has 0 spiro atoms. The minimum absolute atomic E-state index is 0.0718. The minimum Gasteiger partial charge on any atom is -0.497 e. The van der Waals surface area contributed by atoms with Crippen LogP contribution in [-0.4, -0.2) is 18.9 Å². The third-order valence-corrected chi connectivity index (χ3v) is 13.3. The summed E-state index contributed by atoms with van der Waals surface area (Å²) in [6, 6.07) is 73.5. The van der Waals surface area contributed by atoms with E-state index in [2.05, 4.69) is 161 Å². The lowest BCUT2D eigenvalue weighted by Gasteiger charge is -2.27. The first-order chi connectivity index (χ1) is 36.0. The molecule has 0 bridgehead atoms. The molecule has 0 aliphatic heterocycles. The van der Waals surface area contributed by atoms with E-state index in [9.17, 15) is 9.59 Å². The standard InChI is InChI=1S/C68H56N2O4/c1-7-68(5,57-33-45-66(49(3)47-57)74-50(4)71)56-32-44-65(48(2)46-56)67(72)55-30-38-62(39-31-55)69(58-14-10-8-11-15-58)60-34-26-53(27-35-60)24-22-51-18-20-52(21-19-51)23-25-54-28-36-61(37-29-54)70(59-16-12-9-13-17-59)63-40-42-64(73-6)43-41-63/h1,8-47H,2-6H3/b24-22+,25-23+. The van der Waals surface area contributed by atoms with Crippen molar-refractivity contribution in [1.29, 1.82) is 0 Å². The third kappa shape index (κ3) is 11.2. The van der Waals surface area contributed by atoms with Crippen LogP contribution in [-0.2, 0) is 10.2 Å². The first kappa shape index (κ1) is 49.5. The predicted molar refractivity (Wildman–Crippen MR) is 305 cm³/mol. The van der Waals surface area contributed by atoms with Crippen LogP contribution in [0.3, 0.4) is 0 Å². The summed E-state index contributed by atoms with van der Waals surface area (Å²) in [6.07, 6.45) is 14.7. The number of aryl methyl sites for hydroxylation is 2. The highest BCUT2D eigenvalue weighted by atomic mass is 16.5. The van der Waals surface area contributed by atoms with Crippen molar-refractivity contribution >= 4 is 70.2 Å². The summed E-state index contributed by atoms with van der Waals surface area (Å²) < 4.78 is 10.7. The summed E-state index contributed by atoms with van der Waals surface area (Å²) in [4.78, 5) is 30.1. The van der Waals surface area contributed by atoms with Gasteiger partial charge in [0.05, 0.1) is 12.5 Å². The maximum Gasteiger partial charge on any atom is 0.308 e. The molecule has 1 unspecified atom stereocenters. The second-order valence-electron chi connectivity index (χ2n) is 18.3. The van der Waals surface area contributed by atoms with Gasteiger partial charge in [-0.05, 0) is 168 Å². The molecule has 0 saturated carbocycles. The predicted octanol–water partition coefficient (Wildman–Crippen LogP) is 16.7. The van der Waals surface area contributed by atoms with Crippen molar-refractivity contribution in [2.45, 2.75) is 33.1 Å². The van der Waals surface area contributed by atoms with Gasteiger partial charge in [-0.15, -0.1) is 6.42 Å². The maximum absolute atomic E-state index is 14.1. The van der Waals surface area contributed by atoms with Gasteiger partial charge in [-0.3, -0.25) is 9.59 Å². The van der Waals surface area contributed by atoms with Crippen LogP contribution in [0.1, 0.15) is 74.3 Å². The summed E-state index contributed by atoms with van der Waals surface area (Å²) >= 11 is 0. The van der Waals surface area contributed by atoms with Crippen molar-refractivity contribution in [3.05, 3.63) is 274 Å². The fourth-order valence-corrected chi connectivity index (χ4v) is 9.06. The van der Waals surface area contributed by atoms with Crippen molar-refractivity contribution in [3.8, 4) is 23.8 Å². The lowest BCUT2D eigenvalue weighted by atomic mass is 9.75. The van der Waals surface area contributed by atoms with Gasteiger partial charge < -0.3 is 19.3 Å². The number of hydrogen-bond acceptors (Lipinski definition) is 6. The Morgan fingerprint density at radius 2 is 0.865 bits per heavy atom. The molecule has 6 heteroatoms. The summed E-state index contributed by atoms with van der Waals surface area (Å²) in [6.45, 7) is 7.19. The fraction of sp³-hybridized carbons (Fsp3) is 0.0882. The smallest absolute Gasteiger partial charge is 0.308 e. The van der Waals surface area contributed by atoms with E-state index in [0.29, 0.717) is 16.9 Å². The van der Waals surface area contributed by atoms with E-state index in [1.54, 1.807) is 13.2 Å². The molecule has 74 heavy (non-hydrogen) atoms. The number of para-hydroxylation sites is 2. The molecule has 362 valence electrons. The van der Waals surface area contributed by atoms with Crippen LogP contribution in [0.2, 0.25) is 0 Å². The Bertz CT molecular complexity index is 3500. The molecule has 1 atom stereocenters. The highest BCUT2D eigenvalue weighted by Gasteiger charge is 2.29. The summed E-state index contributed by atoms with van der Waals surface area (Å²) in [5, 5.41) is 0. The van der Waals surface area contributed by atoms with Gasteiger partial charge in [0.2, 0.25) is 0 Å². The highest BCUT2D eigenvalue weighted by molar-refractivity contribution is 6.10. The zero-order valence-electron chi connectivity index (χ0n) is 42.2. The Morgan fingerprint density at radius 3 is 1.26 bits per heavy atom. The van der Waals surface area contributed by atoms with Crippen molar-refractivity contribution in [3.63, 3.8) is 0 Å². The zero-order chi connectivity index (χ0) is 51.6. The van der Waals surface area contributed by atoms with E-state index >= 15 is 0 Å². The Balaban J connectivity index is 0.858. The highest BCUT2D eigenvalue weighted by Crippen LogP contribution is 2.38. The molecule has 0 N–H and O–H groups in total. The number of carbonyl (C=O) groups excluding carboxylic acids is 2. The SMILES string of the molecule is C#CC(C)(c1ccc(OC(C)=O)c(C)c1)c1ccc(C(=O)c2ccc(N(c3ccccc3)c3ccc(/C=C/c4ccc(/C=C/c5ccc(N(c6ccccc6)c6ccc(OC)cc6)cc5)cc4)cc3)cc2)c(C)c1. The molecule has 0 heterocycles. The molecule has 6 nitrogen and oxygen atoms in total. The quantitative estimate of drug-likeness (QED) is 0.0316. The van der Waals surface area contributed by atoms with Gasteiger partial charge in [0, 0.05) is 52.2 Å². The molecule has 0 aliphatic carbocycles. The molecule has 0 amide bonds. The second-order valence-corrected chi connectivity index (χ2v) is 18.3. The van der Waals surface area contributed by atoms with Gasteiger partial charge in [-0.2, -0.15) is 0 Å². The molecule has 9 aromatic carbocycles.